The quantitative estimate of drug-likeness (QED) is 0.780. The Morgan fingerprint density at radius 1 is 1.06 bits per heavy atom. The van der Waals surface area contributed by atoms with E-state index < -0.39 is 0 Å². The van der Waals surface area contributed by atoms with Crippen LogP contribution in [-0.2, 0) is 0 Å². The lowest BCUT2D eigenvalue weighted by Crippen LogP contribution is -2.55. The van der Waals surface area contributed by atoms with E-state index in [9.17, 15) is 5.11 Å². The average molecular weight is 236 g/mol. The minimum atomic E-state index is -0.0570. The summed E-state index contributed by atoms with van der Waals surface area (Å²) in [5.74, 6) is 0.963. The molecule has 0 aromatic heterocycles. The van der Waals surface area contributed by atoms with E-state index >= 15 is 0 Å². The molecule has 98 valence electrons. The lowest BCUT2D eigenvalue weighted by atomic mass is 9.39. The zero-order chi connectivity index (χ0) is 12.3. The van der Waals surface area contributed by atoms with Gasteiger partial charge < -0.3 is 5.11 Å². The van der Waals surface area contributed by atoms with Gasteiger partial charge in [-0.3, -0.25) is 0 Å². The van der Waals surface area contributed by atoms with Gasteiger partial charge >= 0.3 is 0 Å². The molecule has 4 bridgehead atoms. The molecule has 4 aliphatic carbocycles. The van der Waals surface area contributed by atoms with Crippen molar-refractivity contribution < 1.29 is 5.11 Å². The van der Waals surface area contributed by atoms with Crippen LogP contribution in [0.3, 0.4) is 0 Å². The Balaban J connectivity index is 1.87. The van der Waals surface area contributed by atoms with Gasteiger partial charge in [-0.15, -0.1) is 0 Å². The molecular weight excluding hydrogens is 208 g/mol. The summed E-state index contributed by atoms with van der Waals surface area (Å²) in [6.45, 7) is 7.15. The first-order valence-electron chi connectivity index (χ1n) is 7.54. The first-order chi connectivity index (χ1) is 7.86. The van der Waals surface area contributed by atoms with Crippen LogP contribution in [0.15, 0.2) is 0 Å². The second-order valence-corrected chi connectivity index (χ2v) is 8.40. The van der Waals surface area contributed by atoms with Gasteiger partial charge in [0.25, 0.3) is 0 Å². The lowest BCUT2D eigenvalue weighted by molar-refractivity contribution is -0.156. The highest BCUT2D eigenvalue weighted by atomic mass is 16.3. The minimum Gasteiger partial charge on any atom is -0.393 e. The van der Waals surface area contributed by atoms with E-state index in [0.717, 1.165) is 18.8 Å². The third-order valence-electron chi connectivity index (χ3n) is 5.88. The van der Waals surface area contributed by atoms with Crippen molar-refractivity contribution in [2.45, 2.75) is 78.2 Å². The number of aliphatic hydroxyl groups excluding tert-OH is 1. The van der Waals surface area contributed by atoms with Crippen molar-refractivity contribution >= 4 is 0 Å². The van der Waals surface area contributed by atoms with Gasteiger partial charge in [0, 0.05) is 0 Å². The second kappa shape index (κ2) is 3.50. The Morgan fingerprint density at radius 3 is 2.12 bits per heavy atom. The fraction of sp³-hybridized carbons (Fsp3) is 1.00. The topological polar surface area (TPSA) is 20.2 Å². The normalized spacial score (nSPS) is 54.0. The van der Waals surface area contributed by atoms with Gasteiger partial charge in [-0.2, -0.15) is 0 Å². The van der Waals surface area contributed by atoms with Crippen LogP contribution in [0.25, 0.3) is 0 Å². The SMILES string of the molecule is CCC(O)CC12CC3CC(C)(CC(C)(C3)C1)C2. The number of hydrogen-bond donors (Lipinski definition) is 1. The highest BCUT2D eigenvalue weighted by Gasteiger charge is 2.59. The average Bonchev–Trinajstić information content (AvgIpc) is 2.10. The summed E-state index contributed by atoms with van der Waals surface area (Å²) in [4.78, 5) is 0. The molecule has 4 fully saturated rings. The van der Waals surface area contributed by atoms with Gasteiger partial charge in [-0.05, 0) is 73.5 Å². The lowest BCUT2D eigenvalue weighted by Gasteiger charge is -2.66. The summed E-state index contributed by atoms with van der Waals surface area (Å²) in [7, 11) is 0. The third-order valence-corrected chi connectivity index (χ3v) is 5.88. The van der Waals surface area contributed by atoms with E-state index in [1.165, 1.54) is 38.5 Å². The standard InChI is InChI=1S/C16H28O/c1-4-13(17)8-16-7-12-5-14(2,10-16)9-15(3,6-12)11-16/h12-13,17H,4-11H2,1-3H3. The van der Waals surface area contributed by atoms with Crippen molar-refractivity contribution in [3.63, 3.8) is 0 Å². The second-order valence-electron chi connectivity index (χ2n) is 8.40. The summed E-state index contributed by atoms with van der Waals surface area (Å²) in [6.07, 6.45) is 10.5. The van der Waals surface area contributed by atoms with Crippen LogP contribution >= 0.6 is 0 Å². The van der Waals surface area contributed by atoms with E-state index in [1.807, 2.05) is 0 Å². The molecule has 1 nitrogen and oxygen atoms in total. The molecule has 0 radical (unpaired) electrons. The van der Waals surface area contributed by atoms with Gasteiger partial charge in [0.15, 0.2) is 0 Å². The molecule has 1 heteroatoms. The molecule has 4 rings (SSSR count). The Labute approximate surface area is 106 Å². The number of hydrogen-bond acceptors (Lipinski definition) is 1. The van der Waals surface area contributed by atoms with Crippen LogP contribution in [-0.4, -0.2) is 11.2 Å². The van der Waals surface area contributed by atoms with Crippen LogP contribution in [0, 0.1) is 22.2 Å². The molecule has 0 spiro atoms. The summed E-state index contributed by atoms with van der Waals surface area (Å²) in [5, 5.41) is 10.1. The van der Waals surface area contributed by atoms with E-state index in [-0.39, 0.29) is 6.10 Å². The number of rotatable bonds is 3. The molecule has 0 aromatic carbocycles. The largest absolute Gasteiger partial charge is 0.393 e. The predicted molar refractivity (Wildman–Crippen MR) is 70.8 cm³/mol. The van der Waals surface area contributed by atoms with Gasteiger partial charge in [0.05, 0.1) is 6.10 Å². The van der Waals surface area contributed by atoms with E-state index in [1.54, 1.807) is 0 Å². The maximum atomic E-state index is 10.1. The zero-order valence-corrected chi connectivity index (χ0v) is 11.8. The third kappa shape index (κ3) is 1.95. The van der Waals surface area contributed by atoms with E-state index in [4.69, 9.17) is 0 Å². The molecule has 17 heavy (non-hydrogen) atoms. The van der Waals surface area contributed by atoms with Crippen LogP contribution in [0.1, 0.15) is 72.1 Å². The van der Waals surface area contributed by atoms with Crippen LogP contribution < -0.4 is 0 Å². The fourth-order valence-electron chi connectivity index (χ4n) is 6.56. The summed E-state index contributed by atoms with van der Waals surface area (Å²) >= 11 is 0. The Hall–Kier alpha value is -0.0400. The highest BCUT2D eigenvalue weighted by Crippen LogP contribution is 2.70. The first-order valence-corrected chi connectivity index (χ1v) is 7.54. The predicted octanol–water partition coefficient (Wildman–Crippen LogP) is 4.14. The Bertz CT molecular complexity index is 303. The maximum Gasteiger partial charge on any atom is 0.0543 e. The van der Waals surface area contributed by atoms with Gasteiger partial charge in [-0.1, -0.05) is 20.8 Å². The zero-order valence-electron chi connectivity index (χ0n) is 11.8. The smallest absolute Gasteiger partial charge is 0.0543 e. The van der Waals surface area contributed by atoms with Gasteiger partial charge in [0.1, 0.15) is 0 Å². The van der Waals surface area contributed by atoms with Crippen molar-refractivity contribution in [1.29, 1.82) is 0 Å². The van der Waals surface area contributed by atoms with Crippen LogP contribution in [0.4, 0.5) is 0 Å². The first kappa shape index (κ1) is 12.0. The molecular formula is C16H28O. The molecule has 3 unspecified atom stereocenters. The van der Waals surface area contributed by atoms with Gasteiger partial charge in [0.2, 0.25) is 0 Å². The van der Waals surface area contributed by atoms with Crippen molar-refractivity contribution in [1.82, 2.24) is 0 Å². The number of aliphatic hydroxyl groups is 1. The molecule has 1 N–H and O–H groups in total. The van der Waals surface area contributed by atoms with Crippen LogP contribution in [0.2, 0.25) is 0 Å². The molecule has 0 amide bonds. The maximum absolute atomic E-state index is 10.1. The molecule has 0 aromatic rings. The van der Waals surface area contributed by atoms with Crippen LogP contribution in [0.5, 0.6) is 0 Å². The van der Waals surface area contributed by atoms with Crippen molar-refractivity contribution in [2.24, 2.45) is 22.2 Å². The Kier molecular flexibility index (Phi) is 2.47. The van der Waals surface area contributed by atoms with E-state index in [2.05, 4.69) is 20.8 Å². The molecule has 3 atom stereocenters. The van der Waals surface area contributed by atoms with E-state index in [0.29, 0.717) is 16.2 Å². The molecule has 4 aliphatic rings. The molecule has 0 aliphatic heterocycles. The summed E-state index contributed by atoms with van der Waals surface area (Å²) in [6, 6.07) is 0. The molecule has 4 saturated carbocycles. The monoisotopic (exact) mass is 236 g/mol. The molecule has 0 saturated heterocycles. The highest BCUT2D eigenvalue weighted by molar-refractivity contribution is 5.10. The summed E-state index contributed by atoms with van der Waals surface area (Å²) < 4.78 is 0. The van der Waals surface area contributed by atoms with Crippen molar-refractivity contribution in [3.8, 4) is 0 Å². The summed E-state index contributed by atoms with van der Waals surface area (Å²) in [5.41, 5.74) is 1.70. The minimum absolute atomic E-state index is 0.0570. The molecule has 0 heterocycles. The van der Waals surface area contributed by atoms with Gasteiger partial charge in [-0.25, -0.2) is 0 Å². The van der Waals surface area contributed by atoms with Crippen molar-refractivity contribution in [2.75, 3.05) is 0 Å². The Morgan fingerprint density at radius 2 is 1.65 bits per heavy atom. The fourth-order valence-corrected chi connectivity index (χ4v) is 6.56. The van der Waals surface area contributed by atoms with Crippen molar-refractivity contribution in [3.05, 3.63) is 0 Å².